The minimum Gasteiger partial charge on any atom is -0.493 e. The van der Waals surface area contributed by atoms with Gasteiger partial charge in [0, 0.05) is 28.2 Å². The van der Waals surface area contributed by atoms with Crippen molar-refractivity contribution in [1.82, 2.24) is 9.97 Å². The second-order valence-corrected chi connectivity index (χ2v) is 7.97. The molecular formula is C18H18N4O4S. The van der Waals surface area contributed by atoms with Gasteiger partial charge in [-0.2, -0.15) is 4.36 Å². The number of hydrogen-bond donors (Lipinski definition) is 1. The summed E-state index contributed by atoms with van der Waals surface area (Å²) in [6.07, 6.45) is 2.81. The molecule has 0 saturated heterocycles. The van der Waals surface area contributed by atoms with Gasteiger partial charge in [0.2, 0.25) is 5.91 Å². The summed E-state index contributed by atoms with van der Waals surface area (Å²) in [5.74, 6) is 0.643. The van der Waals surface area contributed by atoms with E-state index < -0.39 is 15.6 Å². The number of aromatic nitrogens is 2. The quantitative estimate of drug-likeness (QED) is 0.720. The van der Waals surface area contributed by atoms with E-state index in [0.29, 0.717) is 27.3 Å². The van der Waals surface area contributed by atoms with Crippen molar-refractivity contribution in [3.63, 3.8) is 0 Å². The normalized spacial score (nSPS) is 13.0. The van der Waals surface area contributed by atoms with Gasteiger partial charge in [0.15, 0.2) is 17.3 Å². The first-order chi connectivity index (χ1) is 12.9. The van der Waals surface area contributed by atoms with Crippen molar-refractivity contribution in [2.45, 2.75) is 4.90 Å². The maximum Gasteiger partial charge on any atom is 0.248 e. The molecule has 1 heterocycles. The fourth-order valence-corrected chi connectivity index (χ4v) is 3.80. The number of benzene rings is 2. The number of ether oxygens (including phenoxy) is 2. The van der Waals surface area contributed by atoms with Gasteiger partial charge in [-0.1, -0.05) is 6.07 Å². The average Bonchev–Trinajstić information content (AvgIpc) is 2.67. The molecule has 8 nitrogen and oxygen atoms in total. The minimum atomic E-state index is -2.89. The van der Waals surface area contributed by atoms with E-state index in [-0.39, 0.29) is 11.4 Å². The Morgan fingerprint density at radius 1 is 1.11 bits per heavy atom. The van der Waals surface area contributed by atoms with Crippen LogP contribution in [0.2, 0.25) is 0 Å². The topological polar surface area (TPSA) is 117 Å². The molecule has 0 aliphatic carbocycles. The van der Waals surface area contributed by atoms with Crippen molar-refractivity contribution in [3.8, 4) is 11.5 Å². The number of primary amides is 1. The highest BCUT2D eigenvalue weighted by Gasteiger charge is 2.14. The molecular weight excluding hydrogens is 368 g/mol. The summed E-state index contributed by atoms with van der Waals surface area (Å²) in [5.41, 5.74) is 6.14. The predicted molar refractivity (Wildman–Crippen MR) is 102 cm³/mol. The van der Waals surface area contributed by atoms with E-state index in [1.807, 2.05) is 0 Å². The first kappa shape index (κ1) is 18.6. The zero-order valence-electron chi connectivity index (χ0n) is 15.0. The lowest BCUT2D eigenvalue weighted by Gasteiger charge is -2.10. The SMILES string of the molecule is COc1cc2ncnc(N=S(C)(=O)c3cccc(C(N)=O)c3)c2cc1OC. The van der Waals surface area contributed by atoms with Crippen LogP contribution < -0.4 is 15.2 Å². The molecule has 27 heavy (non-hydrogen) atoms. The van der Waals surface area contributed by atoms with Gasteiger partial charge in [-0.15, -0.1) is 0 Å². The molecule has 1 unspecified atom stereocenters. The van der Waals surface area contributed by atoms with Crippen LogP contribution in [-0.4, -0.2) is 40.6 Å². The molecule has 3 aromatic rings. The number of nitrogens with zero attached hydrogens (tertiary/aromatic N) is 3. The summed E-state index contributed by atoms with van der Waals surface area (Å²) in [7, 11) is 0.154. The molecule has 0 aliphatic heterocycles. The Morgan fingerprint density at radius 2 is 1.81 bits per heavy atom. The Balaban J connectivity index is 2.21. The Kier molecular flexibility index (Phi) is 4.95. The van der Waals surface area contributed by atoms with Crippen LogP contribution in [0.15, 0.2) is 52.0 Å². The van der Waals surface area contributed by atoms with Crippen molar-refractivity contribution in [2.24, 2.45) is 10.1 Å². The third kappa shape index (κ3) is 3.68. The van der Waals surface area contributed by atoms with Crippen LogP contribution in [0.5, 0.6) is 11.5 Å². The van der Waals surface area contributed by atoms with Gasteiger partial charge >= 0.3 is 0 Å². The summed E-state index contributed by atoms with van der Waals surface area (Å²) < 4.78 is 28.2. The molecule has 1 aromatic heterocycles. The zero-order valence-corrected chi connectivity index (χ0v) is 15.8. The molecule has 0 fully saturated rings. The number of hydrogen-bond acceptors (Lipinski definition) is 7. The molecule has 0 aliphatic rings. The van der Waals surface area contributed by atoms with Gasteiger partial charge in [0.05, 0.1) is 29.5 Å². The predicted octanol–water partition coefficient (Wildman–Crippen LogP) is 2.53. The highest BCUT2D eigenvalue weighted by atomic mass is 32.2. The molecule has 9 heteroatoms. The second-order valence-electron chi connectivity index (χ2n) is 5.71. The Hall–Kier alpha value is -3.20. The molecule has 2 N–H and O–H groups in total. The van der Waals surface area contributed by atoms with Gasteiger partial charge in [-0.25, -0.2) is 14.2 Å². The molecule has 140 valence electrons. The Morgan fingerprint density at radius 3 is 2.48 bits per heavy atom. The summed E-state index contributed by atoms with van der Waals surface area (Å²) in [6.45, 7) is 0. The molecule has 0 saturated carbocycles. The van der Waals surface area contributed by atoms with E-state index >= 15 is 0 Å². The smallest absolute Gasteiger partial charge is 0.248 e. The maximum absolute atomic E-state index is 13.2. The largest absolute Gasteiger partial charge is 0.493 e. The van der Waals surface area contributed by atoms with Crippen LogP contribution in [0.1, 0.15) is 10.4 Å². The van der Waals surface area contributed by atoms with Gasteiger partial charge < -0.3 is 15.2 Å². The lowest BCUT2D eigenvalue weighted by Crippen LogP contribution is -2.11. The van der Waals surface area contributed by atoms with E-state index in [1.165, 1.54) is 32.9 Å². The number of nitrogens with two attached hydrogens (primary N) is 1. The van der Waals surface area contributed by atoms with Crippen LogP contribution >= 0.6 is 0 Å². The first-order valence-electron chi connectivity index (χ1n) is 7.84. The highest BCUT2D eigenvalue weighted by Crippen LogP contribution is 2.35. The fourth-order valence-electron chi connectivity index (χ4n) is 2.54. The summed E-state index contributed by atoms with van der Waals surface area (Å²) in [5, 5.41) is 0.566. The third-order valence-corrected chi connectivity index (χ3v) is 5.59. The van der Waals surface area contributed by atoms with Crippen molar-refractivity contribution in [3.05, 3.63) is 48.3 Å². The summed E-state index contributed by atoms with van der Waals surface area (Å²) >= 11 is 0. The average molecular weight is 386 g/mol. The zero-order chi connectivity index (χ0) is 19.6. The van der Waals surface area contributed by atoms with Crippen molar-refractivity contribution in [2.75, 3.05) is 20.5 Å². The van der Waals surface area contributed by atoms with Gasteiger partial charge in [-0.05, 0) is 24.3 Å². The number of amides is 1. The molecule has 3 rings (SSSR count). The fraction of sp³-hybridized carbons (Fsp3) is 0.167. The number of carbonyl (C=O) groups is 1. The van der Waals surface area contributed by atoms with Gasteiger partial charge in [0.1, 0.15) is 6.33 Å². The van der Waals surface area contributed by atoms with E-state index in [1.54, 1.807) is 30.3 Å². The number of carbonyl (C=O) groups excluding carboxylic acids is 1. The molecule has 0 radical (unpaired) electrons. The van der Waals surface area contributed by atoms with E-state index in [0.717, 1.165) is 0 Å². The lowest BCUT2D eigenvalue weighted by atomic mass is 10.2. The molecule has 1 amide bonds. The van der Waals surface area contributed by atoms with Gasteiger partial charge in [-0.3, -0.25) is 4.79 Å². The van der Waals surface area contributed by atoms with Crippen molar-refractivity contribution >= 4 is 32.4 Å². The summed E-state index contributed by atoms with van der Waals surface area (Å²) in [4.78, 5) is 20.1. The number of methoxy groups -OCH3 is 2. The van der Waals surface area contributed by atoms with Gasteiger partial charge in [0.25, 0.3) is 0 Å². The van der Waals surface area contributed by atoms with E-state index in [4.69, 9.17) is 15.2 Å². The maximum atomic E-state index is 13.2. The van der Waals surface area contributed by atoms with Crippen LogP contribution in [-0.2, 0) is 9.73 Å². The number of rotatable bonds is 5. The molecule has 2 aromatic carbocycles. The van der Waals surface area contributed by atoms with Crippen LogP contribution in [0.4, 0.5) is 5.82 Å². The van der Waals surface area contributed by atoms with E-state index in [2.05, 4.69) is 14.3 Å². The van der Waals surface area contributed by atoms with Crippen molar-refractivity contribution in [1.29, 1.82) is 0 Å². The van der Waals surface area contributed by atoms with Crippen LogP contribution in [0.3, 0.4) is 0 Å². The Bertz CT molecular complexity index is 1150. The Labute approximate surface area is 156 Å². The third-order valence-electron chi connectivity index (χ3n) is 3.94. The first-order valence-corrected chi connectivity index (χ1v) is 9.77. The molecule has 1 atom stereocenters. The molecule has 0 spiro atoms. The standard InChI is InChI=1S/C18H18N4O4S/c1-25-15-8-13-14(9-16(15)26-2)20-10-21-18(13)22-27(3,24)12-6-4-5-11(7-12)17(19)23/h4-10H,1-3H3,(H2,19,23). The van der Waals surface area contributed by atoms with E-state index in [9.17, 15) is 9.00 Å². The second kappa shape index (κ2) is 7.20. The minimum absolute atomic E-state index is 0.248. The van der Waals surface area contributed by atoms with Crippen LogP contribution in [0, 0.1) is 0 Å². The number of fused-ring (bicyclic) bond motifs is 1. The lowest BCUT2D eigenvalue weighted by molar-refractivity contribution is 0.1000. The monoisotopic (exact) mass is 386 g/mol. The summed E-state index contributed by atoms with van der Waals surface area (Å²) in [6, 6.07) is 9.65. The van der Waals surface area contributed by atoms with Crippen molar-refractivity contribution < 1.29 is 18.5 Å². The van der Waals surface area contributed by atoms with Crippen LogP contribution in [0.25, 0.3) is 10.9 Å². The molecule has 0 bridgehead atoms. The highest BCUT2D eigenvalue weighted by molar-refractivity contribution is 7.93.